The molecular formula is C24H26N2O2. The Labute approximate surface area is 166 Å². The third kappa shape index (κ3) is 3.13. The topological polar surface area (TPSA) is 40.6 Å². The normalized spacial score (nSPS) is 18.4. The van der Waals surface area contributed by atoms with Crippen molar-refractivity contribution < 1.29 is 9.59 Å². The van der Waals surface area contributed by atoms with Crippen molar-refractivity contribution in [3.8, 4) is 0 Å². The molecule has 0 atom stereocenters. The molecule has 0 radical (unpaired) electrons. The number of piperidine rings is 1. The van der Waals surface area contributed by atoms with Crippen LogP contribution in [0.15, 0.2) is 54.2 Å². The molecule has 4 nitrogen and oxygen atoms in total. The maximum absolute atomic E-state index is 13.5. The Bertz CT molecular complexity index is 954. The number of likely N-dealkylation sites (tertiary alicyclic amines) is 1. The molecule has 0 bridgehead atoms. The molecule has 2 aliphatic heterocycles. The van der Waals surface area contributed by atoms with Gasteiger partial charge >= 0.3 is 0 Å². The van der Waals surface area contributed by atoms with Crippen LogP contribution in [-0.4, -0.2) is 29.8 Å². The van der Waals surface area contributed by atoms with Gasteiger partial charge < -0.3 is 4.90 Å². The van der Waals surface area contributed by atoms with Crippen LogP contribution >= 0.6 is 0 Å². The Hall–Kier alpha value is -2.88. The van der Waals surface area contributed by atoms with Crippen molar-refractivity contribution >= 4 is 23.1 Å². The molecule has 2 aromatic rings. The fraction of sp³-hybridized carbons (Fsp3) is 0.333. The SMILES string of the molecule is Cc1ccc(C2=C(N3CCC(C)CC3)C(=O)N(c3ccccc3)C2=O)c(C)c1. The van der Waals surface area contributed by atoms with E-state index in [2.05, 4.69) is 17.9 Å². The summed E-state index contributed by atoms with van der Waals surface area (Å²) in [6.07, 6.45) is 2.08. The van der Waals surface area contributed by atoms with E-state index < -0.39 is 0 Å². The number of hydrogen-bond donors (Lipinski definition) is 0. The molecule has 0 aliphatic carbocycles. The Kier molecular flexibility index (Phi) is 4.80. The van der Waals surface area contributed by atoms with Crippen LogP contribution in [0.3, 0.4) is 0 Å². The van der Waals surface area contributed by atoms with Gasteiger partial charge in [0, 0.05) is 13.1 Å². The summed E-state index contributed by atoms with van der Waals surface area (Å²) in [6.45, 7) is 7.91. The molecule has 28 heavy (non-hydrogen) atoms. The Morgan fingerprint density at radius 1 is 0.893 bits per heavy atom. The predicted molar refractivity (Wildman–Crippen MR) is 112 cm³/mol. The second-order valence-corrected chi connectivity index (χ2v) is 7.99. The lowest BCUT2D eigenvalue weighted by molar-refractivity contribution is -0.120. The van der Waals surface area contributed by atoms with Gasteiger partial charge in [-0.25, -0.2) is 4.90 Å². The number of amides is 2. The molecule has 0 aromatic heterocycles. The van der Waals surface area contributed by atoms with E-state index >= 15 is 0 Å². The van der Waals surface area contributed by atoms with Crippen LogP contribution in [0.4, 0.5) is 5.69 Å². The smallest absolute Gasteiger partial charge is 0.282 e. The summed E-state index contributed by atoms with van der Waals surface area (Å²) in [5, 5.41) is 0. The van der Waals surface area contributed by atoms with Crippen LogP contribution in [0.25, 0.3) is 5.57 Å². The van der Waals surface area contributed by atoms with Crippen molar-refractivity contribution in [2.75, 3.05) is 18.0 Å². The maximum Gasteiger partial charge on any atom is 0.282 e. The van der Waals surface area contributed by atoms with Crippen LogP contribution in [0.5, 0.6) is 0 Å². The lowest BCUT2D eigenvalue weighted by Gasteiger charge is -2.32. The second kappa shape index (κ2) is 7.27. The highest BCUT2D eigenvalue weighted by Crippen LogP contribution is 2.37. The zero-order valence-corrected chi connectivity index (χ0v) is 16.7. The van der Waals surface area contributed by atoms with Gasteiger partial charge in [-0.05, 0) is 55.9 Å². The lowest BCUT2D eigenvalue weighted by Crippen LogP contribution is -2.38. The number of benzene rings is 2. The number of carbonyl (C=O) groups excluding carboxylic acids is 2. The fourth-order valence-electron chi connectivity index (χ4n) is 4.19. The largest absolute Gasteiger partial charge is 0.366 e. The minimum absolute atomic E-state index is 0.208. The third-order valence-electron chi connectivity index (χ3n) is 5.82. The summed E-state index contributed by atoms with van der Waals surface area (Å²) >= 11 is 0. The number of para-hydroxylation sites is 1. The van der Waals surface area contributed by atoms with Crippen molar-refractivity contribution in [3.05, 3.63) is 70.9 Å². The van der Waals surface area contributed by atoms with Gasteiger partial charge in [0.05, 0.1) is 11.3 Å². The molecule has 0 unspecified atom stereocenters. The molecule has 0 spiro atoms. The molecule has 1 saturated heterocycles. The molecule has 4 rings (SSSR count). The second-order valence-electron chi connectivity index (χ2n) is 7.99. The van der Waals surface area contributed by atoms with E-state index in [1.807, 2.05) is 56.3 Å². The number of hydrogen-bond acceptors (Lipinski definition) is 3. The molecule has 2 amide bonds. The summed E-state index contributed by atoms with van der Waals surface area (Å²) in [6, 6.07) is 15.3. The van der Waals surface area contributed by atoms with Gasteiger partial charge in [-0.1, -0.05) is 48.9 Å². The van der Waals surface area contributed by atoms with Crippen LogP contribution < -0.4 is 4.90 Å². The van der Waals surface area contributed by atoms with E-state index in [4.69, 9.17) is 0 Å². The Morgan fingerprint density at radius 2 is 1.57 bits per heavy atom. The van der Waals surface area contributed by atoms with Gasteiger partial charge in [-0.15, -0.1) is 0 Å². The highest BCUT2D eigenvalue weighted by atomic mass is 16.2. The van der Waals surface area contributed by atoms with Gasteiger partial charge in [0.25, 0.3) is 11.8 Å². The standard InChI is InChI=1S/C24H26N2O2/c1-16-11-13-25(14-12-16)22-21(20-10-9-17(2)15-18(20)3)23(27)26(24(22)28)19-7-5-4-6-8-19/h4-10,15-16H,11-14H2,1-3H3. The van der Waals surface area contributed by atoms with E-state index in [-0.39, 0.29) is 11.8 Å². The molecule has 1 fully saturated rings. The molecule has 144 valence electrons. The van der Waals surface area contributed by atoms with Gasteiger partial charge in [0.1, 0.15) is 5.70 Å². The number of carbonyl (C=O) groups is 2. The average molecular weight is 374 g/mol. The van der Waals surface area contributed by atoms with Crippen LogP contribution in [0.2, 0.25) is 0 Å². The van der Waals surface area contributed by atoms with Crippen molar-refractivity contribution in [2.45, 2.75) is 33.6 Å². The minimum atomic E-state index is -0.225. The Balaban J connectivity index is 1.84. The van der Waals surface area contributed by atoms with Crippen molar-refractivity contribution in [2.24, 2.45) is 5.92 Å². The number of aryl methyl sites for hydroxylation is 2. The van der Waals surface area contributed by atoms with E-state index in [1.54, 1.807) is 0 Å². The summed E-state index contributed by atoms with van der Waals surface area (Å²) in [4.78, 5) is 30.4. The number of rotatable bonds is 3. The van der Waals surface area contributed by atoms with Crippen molar-refractivity contribution in [3.63, 3.8) is 0 Å². The van der Waals surface area contributed by atoms with E-state index in [9.17, 15) is 9.59 Å². The molecule has 2 aliphatic rings. The first-order chi connectivity index (χ1) is 13.5. The van der Waals surface area contributed by atoms with E-state index in [0.29, 0.717) is 22.9 Å². The van der Waals surface area contributed by atoms with E-state index in [1.165, 1.54) is 4.90 Å². The van der Waals surface area contributed by atoms with Crippen LogP contribution in [-0.2, 0) is 9.59 Å². The van der Waals surface area contributed by atoms with Gasteiger partial charge in [-0.3, -0.25) is 9.59 Å². The molecular weight excluding hydrogens is 348 g/mol. The fourth-order valence-corrected chi connectivity index (χ4v) is 4.19. The quantitative estimate of drug-likeness (QED) is 0.751. The predicted octanol–water partition coefficient (Wildman–Crippen LogP) is 4.32. The molecule has 2 heterocycles. The van der Waals surface area contributed by atoms with E-state index in [0.717, 1.165) is 42.6 Å². The molecule has 0 saturated carbocycles. The summed E-state index contributed by atoms with van der Waals surface area (Å²) in [5.41, 5.74) is 4.76. The first-order valence-electron chi connectivity index (χ1n) is 9.98. The van der Waals surface area contributed by atoms with Gasteiger partial charge in [0.15, 0.2) is 0 Å². The number of anilines is 1. The summed E-state index contributed by atoms with van der Waals surface area (Å²) in [7, 11) is 0. The molecule has 4 heteroatoms. The van der Waals surface area contributed by atoms with Gasteiger partial charge in [-0.2, -0.15) is 0 Å². The molecule has 2 aromatic carbocycles. The van der Waals surface area contributed by atoms with Crippen LogP contribution in [0.1, 0.15) is 36.5 Å². The third-order valence-corrected chi connectivity index (χ3v) is 5.82. The maximum atomic E-state index is 13.5. The monoisotopic (exact) mass is 374 g/mol. The average Bonchev–Trinajstić information content (AvgIpc) is 2.93. The summed E-state index contributed by atoms with van der Waals surface area (Å²) < 4.78 is 0. The minimum Gasteiger partial charge on any atom is -0.366 e. The van der Waals surface area contributed by atoms with Gasteiger partial charge in [0.2, 0.25) is 0 Å². The Morgan fingerprint density at radius 3 is 2.21 bits per heavy atom. The first kappa shape index (κ1) is 18.5. The van der Waals surface area contributed by atoms with Crippen LogP contribution in [0, 0.1) is 19.8 Å². The summed E-state index contributed by atoms with van der Waals surface area (Å²) in [5.74, 6) is 0.219. The first-order valence-corrected chi connectivity index (χ1v) is 9.98. The highest BCUT2D eigenvalue weighted by Gasteiger charge is 2.43. The number of nitrogens with zero attached hydrogens (tertiary/aromatic N) is 2. The van der Waals surface area contributed by atoms with Crippen molar-refractivity contribution in [1.82, 2.24) is 4.90 Å². The zero-order valence-electron chi connectivity index (χ0n) is 16.7. The highest BCUT2D eigenvalue weighted by molar-refractivity contribution is 6.45. The molecule has 0 N–H and O–H groups in total. The number of imide groups is 1. The zero-order chi connectivity index (χ0) is 19.8. The lowest BCUT2D eigenvalue weighted by atomic mass is 9.95. The van der Waals surface area contributed by atoms with Crippen molar-refractivity contribution in [1.29, 1.82) is 0 Å².